The standard InChI is InChI=1S/C15H21NO3/c1-19-14-9-7-10(6-8-13(16)15(17)18)11-4-2-3-5-12(11)14/h7,9,13H,2-6,8,16H2,1H3,(H,17,18)/t13-/m0/s1. The summed E-state index contributed by atoms with van der Waals surface area (Å²) in [6, 6.07) is 3.27. The van der Waals surface area contributed by atoms with Crippen molar-refractivity contribution in [2.75, 3.05) is 7.11 Å². The first-order chi connectivity index (χ1) is 9.13. The van der Waals surface area contributed by atoms with E-state index in [9.17, 15) is 4.79 Å². The summed E-state index contributed by atoms with van der Waals surface area (Å²) in [6.45, 7) is 0. The van der Waals surface area contributed by atoms with Gasteiger partial charge in [-0.3, -0.25) is 4.79 Å². The van der Waals surface area contributed by atoms with E-state index in [1.54, 1.807) is 7.11 Å². The number of nitrogens with two attached hydrogens (primary N) is 1. The van der Waals surface area contributed by atoms with Crippen LogP contribution in [0.4, 0.5) is 0 Å². The molecule has 2 rings (SSSR count). The van der Waals surface area contributed by atoms with Gasteiger partial charge in [-0.1, -0.05) is 6.07 Å². The third-order valence-electron chi connectivity index (χ3n) is 3.85. The van der Waals surface area contributed by atoms with E-state index in [1.165, 1.54) is 29.5 Å². The van der Waals surface area contributed by atoms with Gasteiger partial charge >= 0.3 is 5.97 Å². The van der Waals surface area contributed by atoms with E-state index in [0.717, 1.165) is 25.0 Å². The first-order valence-electron chi connectivity index (χ1n) is 6.79. The predicted molar refractivity (Wildman–Crippen MR) is 73.6 cm³/mol. The molecule has 0 spiro atoms. The Morgan fingerprint density at radius 2 is 2.05 bits per heavy atom. The molecule has 0 aromatic heterocycles. The van der Waals surface area contributed by atoms with E-state index >= 15 is 0 Å². The number of fused-ring (bicyclic) bond motifs is 1. The smallest absolute Gasteiger partial charge is 0.320 e. The van der Waals surface area contributed by atoms with E-state index in [2.05, 4.69) is 6.07 Å². The molecule has 0 fully saturated rings. The molecule has 4 nitrogen and oxygen atoms in total. The number of carbonyl (C=O) groups is 1. The number of ether oxygens (including phenoxy) is 1. The number of hydrogen-bond donors (Lipinski definition) is 2. The average molecular weight is 263 g/mol. The molecule has 104 valence electrons. The summed E-state index contributed by atoms with van der Waals surface area (Å²) in [5, 5.41) is 8.84. The maximum Gasteiger partial charge on any atom is 0.320 e. The summed E-state index contributed by atoms with van der Waals surface area (Å²) in [6.07, 6.45) is 5.70. The SMILES string of the molecule is COc1ccc(CC[C@H](N)C(=O)O)c2c1CCCC2. The van der Waals surface area contributed by atoms with Crippen LogP contribution in [-0.2, 0) is 24.1 Å². The minimum absolute atomic E-state index is 0.480. The molecule has 19 heavy (non-hydrogen) atoms. The Morgan fingerprint density at radius 3 is 2.68 bits per heavy atom. The van der Waals surface area contributed by atoms with Gasteiger partial charge in [0.2, 0.25) is 0 Å². The lowest BCUT2D eigenvalue weighted by Crippen LogP contribution is -2.30. The minimum atomic E-state index is -0.928. The van der Waals surface area contributed by atoms with Gasteiger partial charge in [0, 0.05) is 0 Å². The molecule has 1 aliphatic rings. The van der Waals surface area contributed by atoms with Crippen molar-refractivity contribution < 1.29 is 14.6 Å². The summed E-state index contributed by atoms with van der Waals surface area (Å²) in [5.74, 6) is 0.0309. The molecule has 1 aromatic rings. The van der Waals surface area contributed by atoms with Gasteiger partial charge < -0.3 is 15.6 Å². The van der Waals surface area contributed by atoms with Crippen molar-refractivity contribution in [3.8, 4) is 5.75 Å². The van der Waals surface area contributed by atoms with E-state index in [-0.39, 0.29) is 0 Å². The van der Waals surface area contributed by atoms with Crippen LogP contribution in [-0.4, -0.2) is 24.2 Å². The third-order valence-corrected chi connectivity index (χ3v) is 3.85. The van der Waals surface area contributed by atoms with E-state index in [4.69, 9.17) is 15.6 Å². The average Bonchev–Trinajstić information content (AvgIpc) is 2.44. The molecule has 1 aliphatic carbocycles. The fraction of sp³-hybridized carbons (Fsp3) is 0.533. The lowest BCUT2D eigenvalue weighted by Gasteiger charge is -2.22. The van der Waals surface area contributed by atoms with Gasteiger partial charge in [0.15, 0.2) is 0 Å². The summed E-state index contributed by atoms with van der Waals surface area (Å²) in [7, 11) is 1.70. The van der Waals surface area contributed by atoms with Gasteiger partial charge in [0.1, 0.15) is 11.8 Å². The monoisotopic (exact) mass is 263 g/mol. The molecular weight excluding hydrogens is 242 g/mol. The van der Waals surface area contributed by atoms with Gasteiger partial charge in [-0.15, -0.1) is 0 Å². The Morgan fingerprint density at radius 1 is 1.37 bits per heavy atom. The number of hydrogen-bond acceptors (Lipinski definition) is 3. The lowest BCUT2D eigenvalue weighted by atomic mass is 9.86. The van der Waals surface area contributed by atoms with Crippen LogP contribution in [0.25, 0.3) is 0 Å². The number of aryl methyl sites for hydroxylation is 1. The Kier molecular flexibility index (Phi) is 4.43. The van der Waals surface area contributed by atoms with Crippen molar-refractivity contribution in [1.29, 1.82) is 0 Å². The van der Waals surface area contributed by atoms with Gasteiger partial charge in [-0.05, 0) is 61.3 Å². The van der Waals surface area contributed by atoms with Crippen LogP contribution in [0.1, 0.15) is 36.0 Å². The number of carboxylic acid groups (broad SMARTS) is 1. The molecule has 0 amide bonds. The first-order valence-corrected chi connectivity index (χ1v) is 6.79. The molecular formula is C15H21NO3. The Bertz CT molecular complexity index is 471. The molecule has 0 bridgehead atoms. The third kappa shape index (κ3) is 3.07. The largest absolute Gasteiger partial charge is 0.496 e. The minimum Gasteiger partial charge on any atom is -0.496 e. The van der Waals surface area contributed by atoms with Crippen LogP contribution in [0, 0.1) is 0 Å². The lowest BCUT2D eigenvalue weighted by molar-refractivity contribution is -0.138. The van der Waals surface area contributed by atoms with Gasteiger partial charge in [-0.25, -0.2) is 0 Å². The Hall–Kier alpha value is -1.55. The maximum atomic E-state index is 10.8. The number of methoxy groups -OCH3 is 1. The molecule has 1 atom stereocenters. The van der Waals surface area contributed by atoms with E-state index in [1.807, 2.05) is 6.07 Å². The maximum absolute atomic E-state index is 10.8. The zero-order valence-corrected chi connectivity index (χ0v) is 11.3. The van der Waals surface area contributed by atoms with Crippen molar-refractivity contribution in [3.05, 3.63) is 28.8 Å². The highest BCUT2D eigenvalue weighted by atomic mass is 16.5. The molecule has 4 heteroatoms. The second-order valence-corrected chi connectivity index (χ2v) is 5.07. The fourth-order valence-electron chi connectivity index (χ4n) is 2.77. The van der Waals surface area contributed by atoms with Crippen LogP contribution in [0.2, 0.25) is 0 Å². The number of benzene rings is 1. The number of aliphatic carboxylic acids is 1. The van der Waals surface area contributed by atoms with Crippen LogP contribution in [0.3, 0.4) is 0 Å². The van der Waals surface area contributed by atoms with Gasteiger partial charge in [0.25, 0.3) is 0 Å². The van der Waals surface area contributed by atoms with Crippen LogP contribution in [0.5, 0.6) is 5.75 Å². The Labute approximate surface area is 113 Å². The molecule has 0 heterocycles. The van der Waals surface area contributed by atoms with E-state index in [0.29, 0.717) is 6.42 Å². The molecule has 0 unspecified atom stereocenters. The summed E-state index contributed by atoms with van der Waals surface area (Å²) < 4.78 is 5.41. The van der Waals surface area contributed by atoms with Crippen LogP contribution < -0.4 is 10.5 Å². The highest BCUT2D eigenvalue weighted by Gasteiger charge is 2.19. The predicted octanol–water partition coefficient (Wildman–Crippen LogP) is 1.92. The molecule has 3 N–H and O–H groups in total. The van der Waals surface area contributed by atoms with Gasteiger partial charge in [0.05, 0.1) is 7.11 Å². The zero-order chi connectivity index (χ0) is 13.8. The van der Waals surface area contributed by atoms with Gasteiger partial charge in [-0.2, -0.15) is 0 Å². The second-order valence-electron chi connectivity index (χ2n) is 5.07. The summed E-state index contributed by atoms with van der Waals surface area (Å²) in [5.41, 5.74) is 9.45. The Balaban J connectivity index is 2.19. The van der Waals surface area contributed by atoms with Crippen molar-refractivity contribution in [2.45, 2.75) is 44.6 Å². The quantitative estimate of drug-likeness (QED) is 0.851. The first kappa shape index (κ1) is 13.9. The molecule has 0 saturated heterocycles. The fourth-order valence-corrected chi connectivity index (χ4v) is 2.77. The molecule has 0 aliphatic heterocycles. The molecule has 1 aromatic carbocycles. The highest BCUT2D eigenvalue weighted by molar-refractivity contribution is 5.73. The summed E-state index contributed by atoms with van der Waals surface area (Å²) in [4.78, 5) is 10.8. The zero-order valence-electron chi connectivity index (χ0n) is 11.3. The summed E-state index contributed by atoms with van der Waals surface area (Å²) >= 11 is 0. The topological polar surface area (TPSA) is 72.5 Å². The van der Waals surface area contributed by atoms with Crippen LogP contribution >= 0.6 is 0 Å². The number of rotatable bonds is 5. The normalized spacial score (nSPS) is 15.7. The van der Waals surface area contributed by atoms with Crippen molar-refractivity contribution >= 4 is 5.97 Å². The second kappa shape index (κ2) is 6.06. The van der Waals surface area contributed by atoms with Crippen molar-refractivity contribution in [3.63, 3.8) is 0 Å². The van der Waals surface area contributed by atoms with Crippen LogP contribution in [0.15, 0.2) is 12.1 Å². The molecule has 0 radical (unpaired) electrons. The van der Waals surface area contributed by atoms with Crippen molar-refractivity contribution in [2.24, 2.45) is 5.73 Å². The van der Waals surface area contributed by atoms with E-state index < -0.39 is 12.0 Å². The molecule has 0 saturated carbocycles. The van der Waals surface area contributed by atoms with Crippen molar-refractivity contribution in [1.82, 2.24) is 0 Å². The number of carboxylic acids is 1. The highest BCUT2D eigenvalue weighted by Crippen LogP contribution is 2.32.